The Kier molecular flexibility index (Phi) is 5.62. The molecule has 0 aromatic heterocycles. The first-order chi connectivity index (χ1) is 9.83. The molecule has 2 atom stereocenters. The quantitative estimate of drug-likeness (QED) is 0.753. The monoisotopic (exact) mass is 392 g/mol. The van der Waals surface area contributed by atoms with Crippen LogP contribution in [0.1, 0.15) is 31.7 Å². The van der Waals surface area contributed by atoms with E-state index in [4.69, 9.17) is 5.73 Å². The number of hydrogen-bond donors (Lipinski definition) is 2. The number of anilines is 1. The van der Waals surface area contributed by atoms with Crippen LogP contribution >= 0.6 is 27.7 Å². The van der Waals surface area contributed by atoms with Crippen molar-refractivity contribution in [2.45, 2.75) is 49.3 Å². The molecule has 7 heteroatoms. The maximum absolute atomic E-state index is 12.5. The van der Waals surface area contributed by atoms with Crippen LogP contribution in [0.5, 0.6) is 0 Å². The number of rotatable bonds is 5. The molecule has 3 N–H and O–H groups in total. The van der Waals surface area contributed by atoms with Crippen LogP contribution in [0.15, 0.2) is 21.5 Å². The van der Waals surface area contributed by atoms with Gasteiger partial charge in [0.2, 0.25) is 10.0 Å². The van der Waals surface area contributed by atoms with Crippen molar-refractivity contribution in [3.8, 4) is 0 Å². The van der Waals surface area contributed by atoms with Crippen LogP contribution in [0.2, 0.25) is 0 Å². The van der Waals surface area contributed by atoms with Crippen molar-refractivity contribution in [2.75, 3.05) is 11.5 Å². The number of benzene rings is 1. The first kappa shape index (κ1) is 17.1. The topological polar surface area (TPSA) is 72.2 Å². The van der Waals surface area contributed by atoms with E-state index in [2.05, 4.69) is 27.6 Å². The van der Waals surface area contributed by atoms with Crippen LogP contribution in [-0.4, -0.2) is 25.5 Å². The molecule has 0 bridgehead atoms. The van der Waals surface area contributed by atoms with E-state index in [9.17, 15) is 8.42 Å². The standard InChI is InChI=1S/C14H21BrN2O2S2/c1-3-20-11-5-4-10(7-11)17-21(18,19)14-8-13(16)12(15)6-9(14)2/h6,8,10-11,17H,3-5,7,16H2,1-2H3. The second-order valence-corrected chi connectivity index (χ2v) is 9.46. The highest BCUT2D eigenvalue weighted by molar-refractivity contribution is 9.10. The van der Waals surface area contributed by atoms with E-state index in [0.717, 1.165) is 29.5 Å². The van der Waals surface area contributed by atoms with Crippen LogP contribution < -0.4 is 10.5 Å². The largest absolute Gasteiger partial charge is 0.398 e. The van der Waals surface area contributed by atoms with Crippen molar-refractivity contribution in [1.82, 2.24) is 4.72 Å². The average molecular weight is 393 g/mol. The Hall–Kier alpha value is -0.240. The zero-order valence-corrected chi connectivity index (χ0v) is 15.4. The zero-order valence-electron chi connectivity index (χ0n) is 12.2. The third-order valence-corrected chi connectivity index (χ3v) is 7.27. The number of nitrogen functional groups attached to an aromatic ring is 1. The molecule has 4 nitrogen and oxygen atoms in total. The predicted molar refractivity (Wildman–Crippen MR) is 93.2 cm³/mol. The number of halogens is 1. The third-order valence-electron chi connectivity index (χ3n) is 3.69. The molecule has 2 unspecified atom stereocenters. The molecule has 1 aliphatic rings. The van der Waals surface area contributed by atoms with Gasteiger partial charge < -0.3 is 5.73 Å². The summed E-state index contributed by atoms with van der Waals surface area (Å²) in [5.41, 5.74) is 6.95. The highest BCUT2D eigenvalue weighted by Gasteiger charge is 2.29. The second-order valence-electron chi connectivity index (χ2n) is 5.35. The lowest BCUT2D eigenvalue weighted by Gasteiger charge is -2.16. The highest BCUT2D eigenvalue weighted by Crippen LogP contribution is 2.31. The first-order valence-electron chi connectivity index (χ1n) is 7.03. The Morgan fingerprint density at radius 2 is 2.14 bits per heavy atom. The van der Waals surface area contributed by atoms with E-state index < -0.39 is 10.0 Å². The van der Waals surface area contributed by atoms with Gasteiger partial charge in [0.25, 0.3) is 0 Å². The van der Waals surface area contributed by atoms with E-state index in [1.807, 2.05) is 11.8 Å². The van der Waals surface area contributed by atoms with Gasteiger partial charge in [-0.2, -0.15) is 11.8 Å². The summed E-state index contributed by atoms with van der Waals surface area (Å²) in [7, 11) is -3.51. The predicted octanol–water partition coefficient (Wildman–Crippen LogP) is 3.29. The van der Waals surface area contributed by atoms with E-state index in [-0.39, 0.29) is 10.9 Å². The second kappa shape index (κ2) is 6.89. The molecule has 1 saturated carbocycles. The van der Waals surface area contributed by atoms with Crippen LogP contribution in [0, 0.1) is 6.92 Å². The molecule has 1 aromatic rings. The summed E-state index contributed by atoms with van der Waals surface area (Å²) >= 11 is 5.23. The lowest BCUT2D eigenvalue weighted by molar-refractivity contribution is 0.552. The number of thioether (sulfide) groups is 1. The van der Waals surface area contributed by atoms with Gasteiger partial charge in [-0.3, -0.25) is 0 Å². The summed E-state index contributed by atoms with van der Waals surface area (Å²) in [5.74, 6) is 1.08. The smallest absolute Gasteiger partial charge is 0.241 e. The van der Waals surface area contributed by atoms with Crippen LogP contribution in [0.4, 0.5) is 5.69 Å². The number of nitrogens with one attached hydrogen (secondary N) is 1. The van der Waals surface area contributed by atoms with Gasteiger partial charge in [0.1, 0.15) is 0 Å². The van der Waals surface area contributed by atoms with Gasteiger partial charge in [-0.25, -0.2) is 13.1 Å². The van der Waals surface area contributed by atoms with Crippen LogP contribution in [-0.2, 0) is 10.0 Å². The molecule has 0 radical (unpaired) electrons. The Labute approximate surface area is 139 Å². The minimum atomic E-state index is -3.51. The fraction of sp³-hybridized carbons (Fsp3) is 0.571. The summed E-state index contributed by atoms with van der Waals surface area (Å²) < 4.78 is 28.7. The molecule has 0 heterocycles. The van der Waals surface area contributed by atoms with Crippen molar-refractivity contribution in [2.24, 2.45) is 0 Å². The minimum absolute atomic E-state index is 0.0309. The number of nitrogens with two attached hydrogens (primary N) is 1. The minimum Gasteiger partial charge on any atom is -0.398 e. The Morgan fingerprint density at radius 1 is 1.43 bits per heavy atom. The molecule has 1 fully saturated rings. The fourth-order valence-corrected chi connectivity index (χ4v) is 5.82. The van der Waals surface area contributed by atoms with E-state index >= 15 is 0 Å². The summed E-state index contributed by atoms with van der Waals surface area (Å²) in [6.07, 6.45) is 2.89. The molecule has 0 amide bonds. The molecule has 0 saturated heterocycles. The lowest BCUT2D eigenvalue weighted by atomic mass is 10.2. The van der Waals surface area contributed by atoms with Gasteiger partial charge in [0, 0.05) is 21.5 Å². The van der Waals surface area contributed by atoms with E-state index in [0.29, 0.717) is 16.5 Å². The van der Waals surface area contributed by atoms with Gasteiger partial charge in [0.15, 0.2) is 0 Å². The molecule has 0 aliphatic heterocycles. The fourth-order valence-electron chi connectivity index (χ4n) is 2.68. The van der Waals surface area contributed by atoms with Crippen LogP contribution in [0.3, 0.4) is 0 Å². The SMILES string of the molecule is CCSC1CCC(NS(=O)(=O)c2cc(N)c(Br)cc2C)C1. The summed E-state index contributed by atoms with van der Waals surface area (Å²) in [4.78, 5) is 0.273. The van der Waals surface area contributed by atoms with E-state index in [1.54, 1.807) is 13.0 Å². The molecular weight excluding hydrogens is 372 g/mol. The molecule has 1 aliphatic carbocycles. The van der Waals surface area contributed by atoms with Gasteiger partial charge in [0.05, 0.1) is 4.90 Å². The van der Waals surface area contributed by atoms with Crippen molar-refractivity contribution in [1.29, 1.82) is 0 Å². The molecule has 0 spiro atoms. The molecular formula is C14H21BrN2O2S2. The zero-order chi connectivity index (χ0) is 15.6. The molecule has 21 heavy (non-hydrogen) atoms. The third kappa shape index (κ3) is 4.15. The Balaban J connectivity index is 2.14. The first-order valence-corrected chi connectivity index (χ1v) is 10.4. The van der Waals surface area contributed by atoms with Crippen LogP contribution in [0.25, 0.3) is 0 Å². The van der Waals surface area contributed by atoms with Crippen molar-refractivity contribution in [3.63, 3.8) is 0 Å². The maximum Gasteiger partial charge on any atom is 0.241 e. The highest BCUT2D eigenvalue weighted by atomic mass is 79.9. The number of hydrogen-bond acceptors (Lipinski definition) is 4. The summed E-state index contributed by atoms with van der Waals surface area (Å²) in [6, 6.07) is 3.30. The van der Waals surface area contributed by atoms with Gasteiger partial charge >= 0.3 is 0 Å². The number of sulfonamides is 1. The normalized spacial score (nSPS) is 22.6. The number of aryl methyl sites for hydroxylation is 1. The Morgan fingerprint density at radius 3 is 2.81 bits per heavy atom. The maximum atomic E-state index is 12.5. The Bertz CT molecular complexity index is 620. The van der Waals surface area contributed by atoms with Gasteiger partial charge in [-0.1, -0.05) is 6.92 Å². The summed E-state index contributed by atoms with van der Waals surface area (Å²) in [6.45, 7) is 3.92. The molecule has 118 valence electrons. The average Bonchev–Trinajstić information content (AvgIpc) is 2.80. The molecule has 2 rings (SSSR count). The van der Waals surface area contributed by atoms with Crippen molar-refractivity contribution in [3.05, 3.63) is 22.2 Å². The van der Waals surface area contributed by atoms with Gasteiger partial charge in [-0.15, -0.1) is 0 Å². The van der Waals surface area contributed by atoms with Crippen molar-refractivity contribution >= 4 is 43.4 Å². The van der Waals surface area contributed by atoms with Crippen molar-refractivity contribution < 1.29 is 8.42 Å². The van der Waals surface area contributed by atoms with E-state index in [1.165, 1.54) is 6.07 Å². The lowest BCUT2D eigenvalue weighted by Crippen LogP contribution is -2.33. The van der Waals surface area contributed by atoms with Gasteiger partial charge in [-0.05, 0) is 65.6 Å². The summed E-state index contributed by atoms with van der Waals surface area (Å²) in [5, 5.41) is 0.568. The molecule has 1 aromatic carbocycles.